The molecule has 3 aromatic rings. The van der Waals surface area contributed by atoms with Gasteiger partial charge in [-0.3, -0.25) is 4.79 Å². The fourth-order valence-corrected chi connectivity index (χ4v) is 3.42. The molecule has 0 bridgehead atoms. The van der Waals surface area contributed by atoms with Crippen molar-refractivity contribution in [3.63, 3.8) is 0 Å². The van der Waals surface area contributed by atoms with Crippen molar-refractivity contribution >= 4 is 21.4 Å². The van der Waals surface area contributed by atoms with Gasteiger partial charge >= 0.3 is 0 Å². The molecular formula is C21H21N3O3S. The van der Waals surface area contributed by atoms with Gasteiger partial charge in [0.2, 0.25) is 5.91 Å². The first kappa shape index (κ1) is 19.7. The Balaban J connectivity index is 1.80. The second kappa shape index (κ2) is 8.31. The summed E-state index contributed by atoms with van der Waals surface area (Å²) in [6.45, 7) is 1.98. The summed E-state index contributed by atoms with van der Waals surface area (Å²) >= 11 is 0. The smallest absolute Gasteiger partial charge is 0.231 e. The summed E-state index contributed by atoms with van der Waals surface area (Å²) in [6.07, 6.45) is 1.78. The topological polar surface area (TPSA) is 89.0 Å². The summed E-state index contributed by atoms with van der Waals surface area (Å²) in [5.74, 6) is -0.317. The number of carbonyl (C=O) groups excluding carboxylic acids is 1. The normalized spacial score (nSPS) is 12.4. The molecule has 7 heteroatoms. The fraction of sp³-hybridized carbons (Fsp3) is 0.190. The molecule has 0 aliphatic heterocycles. The Hall–Kier alpha value is -3.06. The molecule has 1 unspecified atom stereocenters. The minimum Gasteiger partial charge on any atom is -0.326 e. The lowest BCUT2D eigenvalue weighted by atomic mass is 9.95. The van der Waals surface area contributed by atoms with Crippen LogP contribution < -0.4 is 5.32 Å². The molecule has 2 aromatic carbocycles. The monoisotopic (exact) mass is 395 g/mol. The van der Waals surface area contributed by atoms with Gasteiger partial charge in [-0.25, -0.2) is 8.42 Å². The zero-order valence-electron chi connectivity index (χ0n) is 15.7. The Morgan fingerprint density at radius 1 is 1.00 bits per heavy atom. The van der Waals surface area contributed by atoms with Crippen LogP contribution in [0, 0.1) is 0 Å². The number of hydrogen-bond acceptors (Lipinski definition) is 5. The highest BCUT2D eigenvalue weighted by Gasteiger charge is 2.18. The highest BCUT2D eigenvalue weighted by Crippen LogP contribution is 2.24. The van der Waals surface area contributed by atoms with E-state index in [-0.39, 0.29) is 16.9 Å². The van der Waals surface area contributed by atoms with Gasteiger partial charge in [-0.15, -0.1) is 10.2 Å². The van der Waals surface area contributed by atoms with Crippen LogP contribution in [0.5, 0.6) is 0 Å². The van der Waals surface area contributed by atoms with Gasteiger partial charge in [0.05, 0.1) is 11.6 Å². The average molecular weight is 395 g/mol. The van der Waals surface area contributed by atoms with Crippen LogP contribution in [-0.4, -0.2) is 30.8 Å². The Morgan fingerprint density at radius 2 is 1.75 bits per heavy atom. The van der Waals surface area contributed by atoms with E-state index >= 15 is 0 Å². The van der Waals surface area contributed by atoms with Gasteiger partial charge in [-0.05, 0) is 36.2 Å². The van der Waals surface area contributed by atoms with E-state index in [9.17, 15) is 13.2 Å². The van der Waals surface area contributed by atoms with Gasteiger partial charge in [0.25, 0.3) is 0 Å². The van der Waals surface area contributed by atoms with Gasteiger partial charge in [0.15, 0.2) is 14.9 Å². The maximum atomic E-state index is 12.7. The van der Waals surface area contributed by atoms with E-state index in [1.807, 2.05) is 43.3 Å². The maximum absolute atomic E-state index is 12.7. The largest absolute Gasteiger partial charge is 0.326 e. The zero-order valence-corrected chi connectivity index (χ0v) is 16.5. The highest BCUT2D eigenvalue weighted by molar-refractivity contribution is 7.90. The third-order valence-corrected chi connectivity index (χ3v) is 5.35. The van der Waals surface area contributed by atoms with Crippen LogP contribution in [0.15, 0.2) is 71.8 Å². The second-order valence-electron chi connectivity index (χ2n) is 6.47. The van der Waals surface area contributed by atoms with Gasteiger partial charge < -0.3 is 5.32 Å². The quantitative estimate of drug-likeness (QED) is 0.688. The van der Waals surface area contributed by atoms with Crippen LogP contribution in [0.2, 0.25) is 0 Å². The first-order valence-corrected chi connectivity index (χ1v) is 10.8. The molecule has 0 fully saturated rings. The molecule has 1 aromatic heterocycles. The number of rotatable bonds is 6. The van der Waals surface area contributed by atoms with Crippen molar-refractivity contribution in [2.45, 2.75) is 24.3 Å². The molecular weight excluding hydrogens is 374 g/mol. The molecule has 1 amide bonds. The predicted octanol–water partition coefficient (Wildman–Crippen LogP) is 3.68. The average Bonchev–Trinajstić information content (AvgIpc) is 2.69. The summed E-state index contributed by atoms with van der Waals surface area (Å²) in [4.78, 5) is 12.7. The Bertz CT molecular complexity index is 1070. The van der Waals surface area contributed by atoms with Gasteiger partial charge in [0.1, 0.15) is 0 Å². The SMILES string of the molecule is CCC(C(=O)Nc1cccc(-c2ccc(S(C)(=O)=O)nn2)c1)c1ccccc1. The standard InChI is InChI=1S/C21H21N3O3S/c1-3-18(15-8-5-4-6-9-15)21(25)22-17-11-7-10-16(14-17)19-12-13-20(24-23-19)28(2,26)27/h4-14,18H,3H2,1-2H3,(H,22,25). The number of benzene rings is 2. The fourth-order valence-electron chi connectivity index (χ4n) is 2.92. The molecule has 0 aliphatic rings. The molecule has 6 nitrogen and oxygen atoms in total. The van der Waals surface area contributed by atoms with Crippen molar-refractivity contribution in [3.05, 3.63) is 72.3 Å². The number of nitrogens with zero attached hydrogens (tertiary/aromatic N) is 2. The van der Waals surface area contributed by atoms with E-state index in [1.165, 1.54) is 6.07 Å². The molecule has 0 aliphatic carbocycles. The van der Waals surface area contributed by atoms with Crippen LogP contribution >= 0.6 is 0 Å². The molecule has 28 heavy (non-hydrogen) atoms. The van der Waals surface area contributed by atoms with Gasteiger partial charge in [0, 0.05) is 17.5 Å². The van der Waals surface area contributed by atoms with Crippen molar-refractivity contribution < 1.29 is 13.2 Å². The van der Waals surface area contributed by atoms with E-state index in [1.54, 1.807) is 24.3 Å². The molecule has 0 saturated carbocycles. The highest BCUT2D eigenvalue weighted by atomic mass is 32.2. The van der Waals surface area contributed by atoms with Gasteiger partial charge in [-0.2, -0.15) is 0 Å². The molecule has 0 spiro atoms. The number of carbonyl (C=O) groups is 1. The van der Waals surface area contributed by atoms with E-state index in [0.29, 0.717) is 17.8 Å². The molecule has 0 saturated heterocycles. The number of sulfone groups is 1. The minimum absolute atomic E-state index is 0.0747. The number of hydrogen-bond donors (Lipinski definition) is 1. The Morgan fingerprint density at radius 3 is 2.36 bits per heavy atom. The maximum Gasteiger partial charge on any atom is 0.231 e. The Labute approximate surface area is 164 Å². The van der Waals surface area contributed by atoms with E-state index in [0.717, 1.165) is 17.4 Å². The van der Waals surface area contributed by atoms with Crippen LogP contribution in [-0.2, 0) is 14.6 Å². The van der Waals surface area contributed by atoms with E-state index < -0.39 is 9.84 Å². The third-order valence-electron chi connectivity index (χ3n) is 4.37. The lowest BCUT2D eigenvalue weighted by Gasteiger charge is -2.16. The molecule has 3 rings (SSSR count). The summed E-state index contributed by atoms with van der Waals surface area (Å²) in [5.41, 5.74) is 2.88. The lowest BCUT2D eigenvalue weighted by Crippen LogP contribution is -2.20. The predicted molar refractivity (Wildman–Crippen MR) is 109 cm³/mol. The summed E-state index contributed by atoms with van der Waals surface area (Å²) in [5, 5.41) is 10.6. The number of aromatic nitrogens is 2. The minimum atomic E-state index is -3.40. The summed E-state index contributed by atoms with van der Waals surface area (Å²) in [6, 6.07) is 19.9. The van der Waals surface area contributed by atoms with Crippen molar-refractivity contribution in [1.29, 1.82) is 0 Å². The zero-order chi connectivity index (χ0) is 20.1. The van der Waals surface area contributed by atoms with Crippen molar-refractivity contribution in [3.8, 4) is 11.3 Å². The van der Waals surface area contributed by atoms with E-state index in [4.69, 9.17) is 0 Å². The number of nitrogens with one attached hydrogen (secondary N) is 1. The molecule has 1 atom stereocenters. The summed E-state index contributed by atoms with van der Waals surface area (Å²) < 4.78 is 23.0. The van der Waals surface area contributed by atoms with Crippen LogP contribution in [0.1, 0.15) is 24.8 Å². The van der Waals surface area contributed by atoms with Crippen molar-refractivity contribution in [1.82, 2.24) is 10.2 Å². The molecule has 1 heterocycles. The summed E-state index contributed by atoms with van der Waals surface area (Å²) in [7, 11) is -3.40. The van der Waals surface area contributed by atoms with Crippen molar-refractivity contribution in [2.75, 3.05) is 11.6 Å². The number of anilines is 1. The first-order valence-electron chi connectivity index (χ1n) is 8.88. The Kier molecular flexibility index (Phi) is 5.84. The van der Waals surface area contributed by atoms with Crippen LogP contribution in [0.3, 0.4) is 0 Å². The number of amides is 1. The second-order valence-corrected chi connectivity index (χ2v) is 8.43. The molecule has 1 N–H and O–H groups in total. The van der Waals surface area contributed by atoms with Gasteiger partial charge in [-0.1, -0.05) is 49.4 Å². The third kappa shape index (κ3) is 4.61. The van der Waals surface area contributed by atoms with Crippen molar-refractivity contribution in [2.24, 2.45) is 0 Å². The molecule has 144 valence electrons. The lowest BCUT2D eigenvalue weighted by molar-refractivity contribution is -0.117. The van der Waals surface area contributed by atoms with Crippen LogP contribution in [0.25, 0.3) is 11.3 Å². The molecule has 0 radical (unpaired) electrons. The van der Waals surface area contributed by atoms with E-state index in [2.05, 4.69) is 15.5 Å². The van der Waals surface area contributed by atoms with Crippen LogP contribution in [0.4, 0.5) is 5.69 Å². The first-order chi connectivity index (χ1) is 13.4.